The largest absolute Gasteiger partial charge is 0.493 e. The fourth-order valence-corrected chi connectivity index (χ4v) is 4.13. The van der Waals surface area contributed by atoms with Gasteiger partial charge in [-0.15, -0.1) is 0 Å². The molecule has 8 nitrogen and oxygen atoms in total. The van der Waals surface area contributed by atoms with Crippen molar-refractivity contribution in [1.29, 1.82) is 0 Å². The smallest absolute Gasteiger partial charge is 0.362 e. The lowest BCUT2D eigenvalue weighted by Crippen LogP contribution is -2.47. The molecule has 0 bridgehead atoms. The van der Waals surface area contributed by atoms with E-state index in [1.807, 2.05) is 32.8 Å². The van der Waals surface area contributed by atoms with Crippen LogP contribution in [-0.4, -0.2) is 59.3 Å². The number of carbonyl (C=O) groups is 2. The number of hydroxylamine groups is 2. The van der Waals surface area contributed by atoms with Crippen molar-refractivity contribution in [3.05, 3.63) is 46.6 Å². The van der Waals surface area contributed by atoms with Gasteiger partial charge in [-0.2, -0.15) is 36.4 Å². The van der Waals surface area contributed by atoms with E-state index in [0.717, 1.165) is 29.5 Å². The molecular weight excluding hydrogens is 520 g/mol. The summed E-state index contributed by atoms with van der Waals surface area (Å²) in [5.41, 5.74) is -0.0603. The molecule has 38 heavy (non-hydrogen) atoms. The summed E-state index contributed by atoms with van der Waals surface area (Å²) >= 11 is 0. The van der Waals surface area contributed by atoms with E-state index in [0.29, 0.717) is 30.7 Å². The molecule has 0 unspecified atom stereocenters. The molecule has 1 aromatic heterocycles. The second kappa shape index (κ2) is 11.0. The number of hydrogen-bond donors (Lipinski definition) is 1. The van der Waals surface area contributed by atoms with Gasteiger partial charge in [0.15, 0.2) is 0 Å². The third-order valence-corrected chi connectivity index (χ3v) is 6.20. The first-order chi connectivity index (χ1) is 17.6. The molecule has 3 rings (SSSR count). The van der Waals surface area contributed by atoms with Crippen molar-refractivity contribution in [2.45, 2.75) is 64.0 Å². The summed E-state index contributed by atoms with van der Waals surface area (Å²) in [4.78, 5) is 39.7. The fourth-order valence-electron chi connectivity index (χ4n) is 4.13. The number of rotatable bonds is 5. The number of hydrogen-bond acceptors (Lipinski definition) is 7. The number of nitrogens with one attached hydrogen (secondary N) is 1. The first-order valence-corrected chi connectivity index (χ1v) is 11.7. The lowest BCUT2D eigenvalue weighted by atomic mass is 9.90. The third kappa shape index (κ3) is 6.84. The van der Waals surface area contributed by atoms with Gasteiger partial charge in [-0.25, -0.2) is 9.78 Å². The summed E-state index contributed by atoms with van der Waals surface area (Å²) < 4.78 is 78.1. The Labute approximate surface area is 214 Å². The Morgan fingerprint density at radius 3 is 2.18 bits per heavy atom. The van der Waals surface area contributed by atoms with Crippen LogP contribution in [0.5, 0.6) is 0 Å². The minimum Gasteiger partial charge on any atom is -0.362 e. The zero-order valence-corrected chi connectivity index (χ0v) is 21.1. The van der Waals surface area contributed by atoms with Crippen molar-refractivity contribution in [1.82, 2.24) is 15.0 Å². The minimum atomic E-state index is -5.41. The van der Waals surface area contributed by atoms with Crippen LogP contribution in [0, 0.1) is 13.8 Å². The zero-order chi connectivity index (χ0) is 28.4. The van der Waals surface area contributed by atoms with Gasteiger partial charge in [-0.05, 0) is 57.7 Å². The average Bonchev–Trinajstić information content (AvgIpc) is 2.83. The van der Waals surface area contributed by atoms with Gasteiger partial charge < -0.3 is 15.1 Å². The van der Waals surface area contributed by atoms with E-state index < -0.39 is 41.4 Å². The maximum absolute atomic E-state index is 13.1. The molecule has 1 saturated carbocycles. The number of nitrogens with zero attached hydrogens (tertiary/aromatic N) is 4. The Kier molecular flexibility index (Phi) is 8.42. The molecule has 1 amide bonds. The molecule has 0 atom stereocenters. The van der Waals surface area contributed by atoms with Crippen molar-refractivity contribution in [2.24, 2.45) is 0 Å². The van der Waals surface area contributed by atoms with Gasteiger partial charge >= 0.3 is 18.3 Å². The molecule has 0 spiro atoms. The number of benzene rings is 1. The summed E-state index contributed by atoms with van der Waals surface area (Å²) in [6, 6.07) is 2.00. The van der Waals surface area contributed by atoms with Gasteiger partial charge in [-0.1, -0.05) is 6.07 Å². The summed E-state index contributed by atoms with van der Waals surface area (Å²) in [7, 11) is 3.67. The molecule has 0 aliphatic heterocycles. The normalized spacial score (nSPS) is 18.1. The Bertz CT molecular complexity index is 1180. The van der Waals surface area contributed by atoms with E-state index >= 15 is 0 Å². The SMILES string of the molecule is Cc1nc(NC2CCC(N(OC(=O)C(F)(F)F)C(=O)c3cccc(C(F)(F)F)c3)CC2)nc(N(C)C)c1C. The van der Waals surface area contributed by atoms with E-state index in [1.54, 1.807) is 0 Å². The summed E-state index contributed by atoms with van der Waals surface area (Å²) in [6.45, 7) is 3.72. The van der Waals surface area contributed by atoms with E-state index in [1.165, 1.54) is 0 Å². The highest BCUT2D eigenvalue weighted by Gasteiger charge is 2.45. The Morgan fingerprint density at radius 1 is 1.00 bits per heavy atom. The second-order valence-electron chi connectivity index (χ2n) is 9.21. The van der Waals surface area contributed by atoms with Crippen molar-refractivity contribution in [2.75, 3.05) is 24.3 Å². The van der Waals surface area contributed by atoms with Crippen molar-refractivity contribution < 1.29 is 40.8 Å². The molecule has 1 fully saturated rings. The van der Waals surface area contributed by atoms with E-state index in [-0.39, 0.29) is 23.9 Å². The van der Waals surface area contributed by atoms with Gasteiger partial charge in [0, 0.05) is 37.0 Å². The molecule has 1 heterocycles. The first kappa shape index (κ1) is 29.0. The highest BCUT2D eigenvalue weighted by Crippen LogP contribution is 2.32. The minimum absolute atomic E-state index is 0.110. The molecule has 2 aromatic rings. The summed E-state index contributed by atoms with van der Waals surface area (Å²) in [6.07, 6.45) is -9.29. The highest BCUT2D eigenvalue weighted by molar-refractivity contribution is 5.95. The molecule has 1 N–H and O–H groups in total. The number of anilines is 2. The Morgan fingerprint density at radius 2 is 1.63 bits per heavy atom. The number of halogens is 6. The second-order valence-corrected chi connectivity index (χ2v) is 9.21. The molecule has 1 aliphatic carbocycles. The van der Waals surface area contributed by atoms with Crippen LogP contribution < -0.4 is 10.2 Å². The molecule has 0 saturated heterocycles. The molecule has 1 aromatic carbocycles. The Balaban J connectivity index is 1.78. The first-order valence-electron chi connectivity index (χ1n) is 11.7. The number of aryl methyl sites for hydroxylation is 1. The van der Waals surface area contributed by atoms with Crippen LogP contribution in [0.25, 0.3) is 0 Å². The summed E-state index contributed by atoms with van der Waals surface area (Å²) in [5, 5.41) is 3.44. The quantitative estimate of drug-likeness (QED) is 0.414. The van der Waals surface area contributed by atoms with Crippen molar-refractivity contribution >= 4 is 23.6 Å². The maximum atomic E-state index is 13.1. The number of alkyl halides is 6. The van der Waals surface area contributed by atoms with Crippen LogP contribution in [0.3, 0.4) is 0 Å². The fraction of sp³-hybridized carbons (Fsp3) is 0.500. The van der Waals surface area contributed by atoms with E-state index in [4.69, 9.17) is 0 Å². The van der Waals surface area contributed by atoms with Crippen LogP contribution in [0.1, 0.15) is 52.9 Å². The predicted octanol–water partition coefficient (Wildman–Crippen LogP) is 5.06. The van der Waals surface area contributed by atoms with Crippen LogP contribution in [0.2, 0.25) is 0 Å². The number of amides is 1. The average molecular weight is 548 g/mol. The van der Waals surface area contributed by atoms with Gasteiger partial charge in [0.1, 0.15) is 5.82 Å². The lowest BCUT2D eigenvalue weighted by molar-refractivity contribution is -0.235. The van der Waals surface area contributed by atoms with Gasteiger partial charge in [0.05, 0.1) is 11.6 Å². The number of carbonyl (C=O) groups excluding carboxylic acids is 2. The van der Waals surface area contributed by atoms with E-state index in [9.17, 15) is 35.9 Å². The van der Waals surface area contributed by atoms with Crippen LogP contribution in [-0.2, 0) is 15.8 Å². The number of aromatic nitrogens is 2. The topological polar surface area (TPSA) is 87.7 Å². The monoisotopic (exact) mass is 547 g/mol. The molecule has 1 aliphatic rings. The standard InChI is InChI=1S/C24H27F6N5O3/c1-13-14(2)31-22(33-19(13)34(3)4)32-17-8-10-18(11-9-17)35(38-21(37)24(28,29)30)20(36)15-6-5-7-16(12-15)23(25,26)27/h5-7,12,17-18H,8-11H2,1-4H3,(H,31,32,33). The van der Waals surface area contributed by atoms with Crippen LogP contribution in [0.4, 0.5) is 38.1 Å². The molecular formula is C24H27F6N5O3. The molecule has 14 heteroatoms. The molecule has 0 radical (unpaired) electrons. The summed E-state index contributed by atoms with van der Waals surface area (Å²) in [5.74, 6) is -2.85. The predicted molar refractivity (Wildman–Crippen MR) is 125 cm³/mol. The van der Waals surface area contributed by atoms with E-state index in [2.05, 4.69) is 20.1 Å². The van der Waals surface area contributed by atoms with Crippen LogP contribution in [0.15, 0.2) is 24.3 Å². The lowest BCUT2D eigenvalue weighted by Gasteiger charge is -2.35. The third-order valence-electron chi connectivity index (χ3n) is 6.20. The van der Waals surface area contributed by atoms with Crippen LogP contribution >= 0.6 is 0 Å². The Hall–Kier alpha value is -3.58. The highest BCUT2D eigenvalue weighted by atomic mass is 19.4. The van der Waals surface area contributed by atoms with Gasteiger partial charge in [-0.3, -0.25) is 4.79 Å². The van der Waals surface area contributed by atoms with Crippen molar-refractivity contribution in [3.8, 4) is 0 Å². The van der Waals surface area contributed by atoms with Crippen molar-refractivity contribution in [3.63, 3.8) is 0 Å². The zero-order valence-electron chi connectivity index (χ0n) is 21.1. The molecule has 208 valence electrons. The van der Waals surface area contributed by atoms with Gasteiger partial charge in [0.25, 0.3) is 5.91 Å². The van der Waals surface area contributed by atoms with Gasteiger partial charge in [0.2, 0.25) is 5.95 Å². The maximum Gasteiger partial charge on any atom is 0.493 e.